The number of aromatic nitrogens is 2. The standard InChI is InChI=1S/C26H22N2O/c1-18-15-16-19-9-5-6-12-21(19)22(18)17-28-24-14-8-7-13-23(24)27-26(28)25(29)20-10-3-2-4-11-20/h2-16,25,29H,17H2,1H3/t25-/m0/s1. The summed E-state index contributed by atoms with van der Waals surface area (Å²) in [6.07, 6.45) is -0.779. The zero-order chi connectivity index (χ0) is 19.8. The van der Waals surface area contributed by atoms with Crippen LogP contribution in [0.3, 0.4) is 0 Å². The normalized spacial score (nSPS) is 12.5. The van der Waals surface area contributed by atoms with Crippen molar-refractivity contribution < 1.29 is 5.11 Å². The van der Waals surface area contributed by atoms with Crippen LogP contribution in [0, 0.1) is 6.92 Å². The maximum Gasteiger partial charge on any atom is 0.143 e. The smallest absolute Gasteiger partial charge is 0.143 e. The van der Waals surface area contributed by atoms with Crippen LogP contribution in [0.25, 0.3) is 21.8 Å². The molecule has 0 aliphatic heterocycles. The van der Waals surface area contributed by atoms with E-state index in [2.05, 4.69) is 54.0 Å². The van der Waals surface area contributed by atoms with Gasteiger partial charge in [-0.05, 0) is 46.5 Å². The third kappa shape index (κ3) is 3.10. The first kappa shape index (κ1) is 17.7. The predicted octanol–water partition coefficient (Wildman–Crippen LogP) is 5.63. The Kier molecular flexibility index (Phi) is 4.38. The second kappa shape index (κ2) is 7.19. The van der Waals surface area contributed by atoms with E-state index < -0.39 is 6.10 Å². The number of nitrogens with zero attached hydrogens (tertiary/aromatic N) is 2. The zero-order valence-electron chi connectivity index (χ0n) is 16.3. The van der Waals surface area contributed by atoms with Gasteiger partial charge in [-0.3, -0.25) is 0 Å². The minimum absolute atomic E-state index is 0.660. The largest absolute Gasteiger partial charge is 0.380 e. The van der Waals surface area contributed by atoms with Gasteiger partial charge in [-0.15, -0.1) is 0 Å². The summed E-state index contributed by atoms with van der Waals surface area (Å²) in [5.41, 5.74) is 5.27. The van der Waals surface area contributed by atoms with Crippen molar-refractivity contribution in [1.29, 1.82) is 0 Å². The number of imidazole rings is 1. The monoisotopic (exact) mass is 378 g/mol. The van der Waals surface area contributed by atoms with Crippen LogP contribution in [-0.4, -0.2) is 14.7 Å². The Balaban J connectivity index is 1.70. The molecule has 29 heavy (non-hydrogen) atoms. The average Bonchev–Trinajstić information content (AvgIpc) is 3.14. The van der Waals surface area contributed by atoms with Crippen LogP contribution >= 0.6 is 0 Å². The van der Waals surface area contributed by atoms with Crippen LogP contribution in [-0.2, 0) is 6.54 Å². The van der Waals surface area contributed by atoms with E-state index in [0.717, 1.165) is 16.6 Å². The quantitative estimate of drug-likeness (QED) is 0.440. The Morgan fingerprint density at radius 3 is 2.41 bits per heavy atom. The average molecular weight is 378 g/mol. The molecule has 4 aromatic carbocycles. The molecule has 3 nitrogen and oxygen atoms in total. The van der Waals surface area contributed by atoms with E-state index in [0.29, 0.717) is 12.4 Å². The van der Waals surface area contributed by atoms with Gasteiger partial charge in [0.05, 0.1) is 17.6 Å². The highest BCUT2D eigenvalue weighted by atomic mass is 16.3. The van der Waals surface area contributed by atoms with Crippen LogP contribution in [0.2, 0.25) is 0 Å². The van der Waals surface area contributed by atoms with Gasteiger partial charge in [0.25, 0.3) is 0 Å². The molecule has 0 unspecified atom stereocenters. The van der Waals surface area contributed by atoms with E-state index in [4.69, 9.17) is 4.98 Å². The van der Waals surface area contributed by atoms with Gasteiger partial charge < -0.3 is 9.67 Å². The predicted molar refractivity (Wildman–Crippen MR) is 118 cm³/mol. The van der Waals surface area contributed by atoms with Crippen molar-refractivity contribution in [3.8, 4) is 0 Å². The summed E-state index contributed by atoms with van der Waals surface area (Å²) in [6.45, 7) is 2.81. The zero-order valence-corrected chi connectivity index (χ0v) is 16.3. The summed E-state index contributed by atoms with van der Waals surface area (Å²) in [5.74, 6) is 0.671. The first-order chi connectivity index (χ1) is 14.2. The number of hydrogen-bond acceptors (Lipinski definition) is 2. The van der Waals surface area contributed by atoms with Crippen LogP contribution in [0.4, 0.5) is 0 Å². The minimum atomic E-state index is -0.779. The lowest BCUT2D eigenvalue weighted by atomic mass is 9.99. The summed E-state index contributed by atoms with van der Waals surface area (Å²) in [7, 11) is 0. The highest BCUT2D eigenvalue weighted by molar-refractivity contribution is 5.87. The van der Waals surface area contributed by atoms with E-state index >= 15 is 0 Å². The van der Waals surface area contributed by atoms with Crippen LogP contribution < -0.4 is 0 Å². The first-order valence-corrected chi connectivity index (χ1v) is 9.88. The van der Waals surface area contributed by atoms with Crippen LogP contribution in [0.1, 0.15) is 28.6 Å². The maximum absolute atomic E-state index is 11.2. The van der Waals surface area contributed by atoms with Crippen molar-refractivity contribution in [2.75, 3.05) is 0 Å². The van der Waals surface area contributed by atoms with Crippen molar-refractivity contribution in [2.24, 2.45) is 0 Å². The molecule has 0 saturated heterocycles. The number of hydrogen-bond donors (Lipinski definition) is 1. The molecule has 1 N–H and O–H groups in total. The summed E-state index contributed by atoms with van der Waals surface area (Å²) in [5, 5.41) is 13.6. The molecular formula is C26H22N2O. The fourth-order valence-electron chi connectivity index (χ4n) is 4.07. The topological polar surface area (TPSA) is 38.0 Å². The van der Waals surface area contributed by atoms with Crippen molar-refractivity contribution >= 4 is 21.8 Å². The van der Waals surface area contributed by atoms with Crippen molar-refractivity contribution in [3.05, 3.63) is 114 Å². The second-order valence-electron chi connectivity index (χ2n) is 7.44. The maximum atomic E-state index is 11.2. The van der Waals surface area contributed by atoms with Crippen LogP contribution in [0.5, 0.6) is 0 Å². The number of aliphatic hydroxyl groups excluding tert-OH is 1. The summed E-state index contributed by atoms with van der Waals surface area (Å²) < 4.78 is 2.15. The fourth-order valence-corrected chi connectivity index (χ4v) is 4.07. The molecule has 5 rings (SSSR count). The molecule has 0 spiro atoms. The lowest BCUT2D eigenvalue weighted by molar-refractivity contribution is 0.206. The Bertz CT molecular complexity index is 1300. The van der Waals surface area contributed by atoms with E-state index in [9.17, 15) is 5.11 Å². The lowest BCUT2D eigenvalue weighted by Crippen LogP contribution is -2.12. The molecule has 1 atom stereocenters. The molecule has 5 aromatic rings. The molecular weight excluding hydrogens is 356 g/mol. The molecule has 0 amide bonds. The van der Waals surface area contributed by atoms with E-state index in [-0.39, 0.29) is 0 Å². The molecule has 142 valence electrons. The highest BCUT2D eigenvalue weighted by Crippen LogP contribution is 2.29. The molecule has 0 saturated carbocycles. The van der Waals surface area contributed by atoms with Gasteiger partial charge in [0.15, 0.2) is 0 Å². The van der Waals surface area contributed by atoms with Gasteiger partial charge in [0, 0.05) is 0 Å². The molecule has 1 heterocycles. The van der Waals surface area contributed by atoms with Gasteiger partial charge in [0.2, 0.25) is 0 Å². The molecule has 0 aliphatic carbocycles. The summed E-state index contributed by atoms with van der Waals surface area (Å²) >= 11 is 0. The van der Waals surface area contributed by atoms with Gasteiger partial charge >= 0.3 is 0 Å². The molecule has 0 aliphatic rings. The number of aryl methyl sites for hydroxylation is 1. The van der Waals surface area contributed by atoms with E-state index in [1.165, 1.54) is 21.9 Å². The fraction of sp³-hybridized carbons (Fsp3) is 0.115. The van der Waals surface area contributed by atoms with Crippen molar-refractivity contribution in [3.63, 3.8) is 0 Å². The molecule has 0 radical (unpaired) electrons. The molecule has 0 fully saturated rings. The van der Waals surface area contributed by atoms with Crippen LogP contribution in [0.15, 0.2) is 91.0 Å². The number of rotatable bonds is 4. The number of benzene rings is 4. The lowest BCUT2D eigenvalue weighted by Gasteiger charge is -2.17. The SMILES string of the molecule is Cc1ccc2ccccc2c1Cn1c([C@@H](O)c2ccccc2)nc2ccccc21. The van der Waals surface area contributed by atoms with E-state index in [1.807, 2.05) is 48.5 Å². The minimum Gasteiger partial charge on any atom is -0.380 e. The molecule has 1 aromatic heterocycles. The van der Waals surface area contributed by atoms with Gasteiger partial charge in [-0.25, -0.2) is 4.98 Å². The van der Waals surface area contributed by atoms with E-state index in [1.54, 1.807) is 0 Å². The Hall–Kier alpha value is -3.43. The number of para-hydroxylation sites is 2. The summed E-state index contributed by atoms with van der Waals surface area (Å²) in [6, 6.07) is 30.6. The highest BCUT2D eigenvalue weighted by Gasteiger charge is 2.20. The van der Waals surface area contributed by atoms with Gasteiger partial charge in [-0.2, -0.15) is 0 Å². The Morgan fingerprint density at radius 1 is 0.828 bits per heavy atom. The number of aliphatic hydroxyl groups is 1. The first-order valence-electron chi connectivity index (χ1n) is 9.88. The Morgan fingerprint density at radius 2 is 1.55 bits per heavy atom. The third-order valence-corrected chi connectivity index (χ3v) is 5.63. The summed E-state index contributed by atoms with van der Waals surface area (Å²) in [4.78, 5) is 4.81. The van der Waals surface area contributed by atoms with Crippen molar-refractivity contribution in [1.82, 2.24) is 9.55 Å². The molecule has 3 heteroatoms. The van der Waals surface area contributed by atoms with Crippen molar-refractivity contribution in [2.45, 2.75) is 19.6 Å². The van der Waals surface area contributed by atoms with Gasteiger partial charge in [-0.1, -0.05) is 78.9 Å². The Labute approximate surface area is 169 Å². The molecule has 0 bridgehead atoms. The van der Waals surface area contributed by atoms with Gasteiger partial charge in [0.1, 0.15) is 11.9 Å². The second-order valence-corrected chi connectivity index (χ2v) is 7.44. The number of fused-ring (bicyclic) bond motifs is 2. The third-order valence-electron chi connectivity index (χ3n) is 5.63.